The van der Waals surface area contributed by atoms with Crippen molar-refractivity contribution in [3.63, 3.8) is 0 Å². The first-order chi connectivity index (χ1) is 8.98. The Hall–Kier alpha value is -1.57. The van der Waals surface area contributed by atoms with E-state index < -0.39 is 12.6 Å². The molecule has 0 aromatic carbocycles. The molecule has 1 aromatic heterocycles. The number of hydrogen-bond donors (Lipinski definition) is 1. The van der Waals surface area contributed by atoms with Crippen molar-refractivity contribution in [2.45, 2.75) is 25.6 Å². The lowest BCUT2D eigenvalue weighted by atomic mass is 10.2. The Morgan fingerprint density at radius 2 is 1.74 bits per heavy atom. The largest absolute Gasteiger partial charge is 0.481 e. The van der Waals surface area contributed by atoms with Gasteiger partial charge in [-0.1, -0.05) is 0 Å². The lowest BCUT2D eigenvalue weighted by Crippen LogP contribution is -2.19. The van der Waals surface area contributed by atoms with Gasteiger partial charge in [0.2, 0.25) is 11.8 Å². The van der Waals surface area contributed by atoms with Crippen LogP contribution in [0.1, 0.15) is 18.4 Å². The van der Waals surface area contributed by atoms with E-state index in [9.17, 15) is 13.2 Å². The van der Waals surface area contributed by atoms with Gasteiger partial charge in [-0.2, -0.15) is 13.2 Å². The van der Waals surface area contributed by atoms with Crippen LogP contribution in [0.5, 0.6) is 11.8 Å². The molecule has 0 bridgehead atoms. The number of halogens is 3. The number of methoxy groups -OCH3 is 2. The maximum atomic E-state index is 12.0. The van der Waals surface area contributed by atoms with Gasteiger partial charge in [0.25, 0.3) is 0 Å². The van der Waals surface area contributed by atoms with Gasteiger partial charge in [0.1, 0.15) is 6.33 Å². The number of hydrogen-bond acceptors (Lipinski definition) is 5. The van der Waals surface area contributed by atoms with Crippen LogP contribution in [-0.2, 0) is 6.54 Å². The molecular formula is C11H16F3N3O2. The third-order valence-corrected chi connectivity index (χ3v) is 2.37. The molecular weight excluding hydrogens is 263 g/mol. The van der Waals surface area contributed by atoms with E-state index in [-0.39, 0.29) is 19.5 Å². The van der Waals surface area contributed by atoms with Crippen LogP contribution in [0.2, 0.25) is 0 Å². The zero-order valence-electron chi connectivity index (χ0n) is 10.8. The monoisotopic (exact) mass is 279 g/mol. The summed E-state index contributed by atoms with van der Waals surface area (Å²) in [6.07, 6.45) is -3.61. The molecule has 1 rings (SSSR count). The topological polar surface area (TPSA) is 56.3 Å². The standard InChI is InChI=1S/C11H16F3N3O2/c1-18-9-8(10(19-2)17-7-16-9)6-15-5-3-4-11(12,13)14/h7,15H,3-6H2,1-2H3. The van der Waals surface area contributed by atoms with Crippen LogP contribution >= 0.6 is 0 Å². The van der Waals surface area contributed by atoms with Crippen LogP contribution in [0, 0.1) is 0 Å². The smallest absolute Gasteiger partial charge is 0.389 e. The van der Waals surface area contributed by atoms with Crippen LogP contribution in [0.25, 0.3) is 0 Å². The van der Waals surface area contributed by atoms with E-state index in [1.54, 1.807) is 0 Å². The number of aromatic nitrogens is 2. The molecule has 1 aromatic rings. The van der Waals surface area contributed by atoms with Crippen molar-refractivity contribution in [3.8, 4) is 11.8 Å². The predicted molar refractivity (Wildman–Crippen MR) is 62.1 cm³/mol. The average Bonchev–Trinajstić information content (AvgIpc) is 2.36. The van der Waals surface area contributed by atoms with Gasteiger partial charge < -0.3 is 14.8 Å². The second kappa shape index (κ2) is 7.13. The van der Waals surface area contributed by atoms with Crippen LogP contribution < -0.4 is 14.8 Å². The van der Waals surface area contributed by atoms with Gasteiger partial charge in [-0.25, -0.2) is 9.97 Å². The number of rotatable bonds is 7. The zero-order valence-corrected chi connectivity index (χ0v) is 10.8. The predicted octanol–water partition coefficient (Wildman–Crippen LogP) is 1.93. The summed E-state index contributed by atoms with van der Waals surface area (Å²) in [4.78, 5) is 7.82. The molecule has 8 heteroatoms. The highest BCUT2D eigenvalue weighted by atomic mass is 19.4. The molecule has 0 radical (unpaired) electrons. The number of ether oxygens (including phenoxy) is 2. The normalized spacial score (nSPS) is 11.4. The average molecular weight is 279 g/mol. The van der Waals surface area contributed by atoms with E-state index in [0.717, 1.165) is 0 Å². The third-order valence-electron chi connectivity index (χ3n) is 2.37. The number of nitrogens with one attached hydrogen (secondary N) is 1. The van der Waals surface area contributed by atoms with Crippen LogP contribution in [0.3, 0.4) is 0 Å². The first-order valence-corrected chi connectivity index (χ1v) is 5.67. The van der Waals surface area contributed by atoms with E-state index >= 15 is 0 Å². The molecule has 1 N–H and O–H groups in total. The molecule has 1 heterocycles. The van der Waals surface area contributed by atoms with E-state index in [0.29, 0.717) is 17.3 Å². The first kappa shape index (κ1) is 15.5. The van der Waals surface area contributed by atoms with Crippen molar-refractivity contribution in [2.75, 3.05) is 20.8 Å². The Balaban J connectivity index is 2.48. The van der Waals surface area contributed by atoms with Gasteiger partial charge in [0, 0.05) is 13.0 Å². The van der Waals surface area contributed by atoms with E-state index in [4.69, 9.17) is 9.47 Å². The third kappa shape index (κ3) is 5.29. The Morgan fingerprint density at radius 3 is 2.21 bits per heavy atom. The van der Waals surface area contributed by atoms with Gasteiger partial charge in [-0.15, -0.1) is 0 Å². The molecule has 0 aliphatic heterocycles. The minimum Gasteiger partial charge on any atom is -0.481 e. The van der Waals surface area contributed by atoms with Crippen molar-refractivity contribution in [2.24, 2.45) is 0 Å². The van der Waals surface area contributed by atoms with Crippen molar-refractivity contribution in [1.82, 2.24) is 15.3 Å². The molecule has 0 aliphatic rings. The highest BCUT2D eigenvalue weighted by molar-refractivity contribution is 5.34. The quantitative estimate of drug-likeness (QED) is 0.773. The molecule has 0 saturated heterocycles. The van der Waals surface area contributed by atoms with Gasteiger partial charge in [0.15, 0.2) is 0 Å². The minimum absolute atomic E-state index is 0.0157. The summed E-state index contributed by atoms with van der Waals surface area (Å²) in [5.74, 6) is 0.686. The molecule has 5 nitrogen and oxygen atoms in total. The van der Waals surface area contributed by atoms with Gasteiger partial charge >= 0.3 is 6.18 Å². The molecule has 0 unspecified atom stereocenters. The van der Waals surface area contributed by atoms with Crippen molar-refractivity contribution in [1.29, 1.82) is 0 Å². The summed E-state index contributed by atoms with van der Waals surface area (Å²) in [6.45, 7) is 0.520. The van der Waals surface area contributed by atoms with E-state index in [1.807, 2.05) is 0 Å². The summed E-state index contributed by atoms with van der Waals surface area (Å²) < 4.78 is 46.0. The lowest BCUT2D eigenvalue weighted by molar-refractivity contribution is -0.135. The fourth-order valence-corrected chi connectivity index (χ4v) is 1.51. The summed E-state index contributed by atoms with van der Waals surface area (Å²) in [7, 11) is 2.91. The Kier molecular flexibility index (Phi) is 5.81. The highest BCUT2D eigenvalue weighted by Gasteiger charge is 2.25. The molecule has 108 valence electrons. The molecule has 0 amide bonds. The molecule has 0 fully saturated rings. The maximum Gasteiger partial charge on any atom is 0.389 e. The second-order valence-corrected chi connectivity index (χ2v) is 3.77. The maximum absolute atomic E-state index is 12.0. The van der Waals surface area contributed by atoms with Crippen molar-refractivity contribution < 1.29 is 22.6 Å². The van der Waals surface area contributed by atoms with E-state index in [1.165, 1.54) is 20.5 Å². The summed E-state index contributed by atoms with van der Waals surface area (Å²) in [5.41, 5.74) is 0.583. The SMILES string of the molecule is COc1ncnc(OC)c1CNCCCC(F)(F)F. The van der Waals surface area contributed by atoms with Crippen molar-refractivity contribution in [3.05, 3.63) is 11.9 Å². The van der Waals surface area contributed by atoms with Crippen LogP contribution in [0.4, 0.5) is 13.2 Å². The lowest BCUT2D eigenvalue weighted by Gasteiger charge is -2.12. The molecule has 0 atom stereocenters. The zero-order chi connectivity index (χ0) is 14.3. The van der Waals surface area contributed by atoms with Gasteiger partial charge in [-0.05, 0) is 13.0 Å². The second-order valence-electron chi connectivity index (χ2n) is 3.77. The summed E-state index contributed by atoms with van der Waals surface area (Å²) in [6, 6.07) is 0. The van der Waals surface area contributed by atoms with Gasteiger partial charge in [-0.3, -0.25) is 0 Å². The Bertz CT molecular complexity index is 377. The van der Waals surface area contributed by atoms with Crippen LogP contribution in [-0.4, -0.2) is 36.9 Å². The number of alkyl halides is 3. The number of nitrogens with zero attached hydrogens (tertiary/aromatic N) is 2. The fraction of sp³-hybridized carbons (Fsp3) is 0.636. The summed E-state index contributed by atoms with van der Waals surface area (Å²) in [5, 5.41) is 2.88. The highest BCUT2D eigenvalue weighted by Crippen LogP contribution is 2.23. The first-order valence-electron chi connectivity index (χ1n) is 5.67. The molecule has 19 heavy (non-hydrogen) atoms. The minimum atomic E-state index is -4.12. The van der Waals surface area contributed by atoms with E-state index in [2.05, 4.69) is 15.3 Å². The Labute approximate surface area is 109 Å². The summed E-state index contributed by atoms with van der Waals surface area (Å²) >= 11 is 0. The molecule has 0 aliphatic carbocycles. The Morgan fingerprint density at radius 1 is 1.16 bits per heavy atom. The molecule has 0 spiro atoms. The molecule has 0 saturated carbocycles. The fourth-order valence-electron chi connectivity index (χ4n) is 1.51. The van der Waals surface area contributed by atoms with Crippen molar-refractivity contribution >= 4 is 0 Å². The van der Waals surface area contributed by atoms with Gasteiger partial charge in [0.05, 0.1) is 19.8 Å². The van der Waals surface area contributed by atoms with Crippen LogP contribution in [0.15, 0.2) is 6.33 Å².